The highest BCUT2D eigenvalue weighted by atomic mass is 16.6. The molecule has 90 valence electrons. The summed E-state index contributed by atoms with van der Waals surface area (Å²) in [6.07, 6.45) is -0.698. The van der Waals surface area contributed by atoms with Gasteiger partial charge in [-0.2, -0.15) is 0 Å². The van der Waals surface area contributed by atoms with E-state index in [4.69, 9.17) is 9.26 Å². The van der Waals surface area contributed by atoms with E-state index in [1.54, 1.807) is 45.0 Å². The van der Waals surface area contributed by atoms with Crippen LogP contribution in [0.25, 0.3) is 10.9 Å². The topological polar surface area (TPSA) is 61.4 Å². The fraction of sp³-hybridized carbons (Fsp3) is 0.333. The van der Waals surface area contributed by atoms with Crippen LogP contribution in [0.1, 0.15) is 20.8 Å². The van der Waals surface area contributed by atoms with Gasteiger partial charge in [-0.3, -0.25) is 0 Å². The SMILES string of the molecule is CC(C)(C)OC(=O)n1oc(=O)c2ccccc21. The average molecular weight is 235 g/mol. The van der Waals surface area contributed by atoms with E-state index in [1.165, 1.54) is 0 Å². The standard InChI is InChI=1S/C12H13NO4/c1-12(2,3)16-11(15)13-9-7-5-4-6-8(9)10(14)17-13/h4-7H,1-3H3. The van der Waals surface area contributed by atoms with Crippen molar-refractivity contribution in [1.29, 1.82) is 0 Å². The second kappa shape index (κ2) is 3.76. The van der Waals surface area contributed by atoms with Gasteiger partial charge in [0.25, 0.3) is 0 Å². The number of nitrogens with zero attached hydrogens (tertiary/aromatic N) is 1. The van der Waals surface area contributed by atoms with Crippen molar-refractivity contribution in [2.24, 2.45) is 0 Å². The molecule has 0 aliphatic rings. The lowest BCUT2D eigenvalue weighted by Gasteiger charge is -2.18. The number of para-hydroxylation sites is 1. The molecule has 0 atom stereocenters. The number of hydrogen-bond acceptors (Lipinski definition) is 4. The van der Waals surface area contributed by atoms with E-state index in [0.29, 0.717) is 10.9 Å². The van der Waals surface area contributed by atoms with E-state index in [2.05, 4.69) is 0 Å². The summed E-state index contributed by atoms with van der Waals surface area (Å²) in [7, 11) is 0. The Hall–Kier alpha value is -2.04. The monoisotopic (exact) mass is 235 g/mol. The van der Waals surface area contributed by atoms with Crippen molar-refractivity contribution in [3.8, 4) is 0 Å². The molecule has 5 nitrogen and oxygen atoms in total. The number of aromatic nitrogens is 1. The van der Waals surface area contributed by atoms with Crippen molar-refractivity contribution in [1.82, 2.24) is 4.74 Å². The molecule has 2 aromatic rings. The Kier molecular flexibility index (Phi) is 2.53. The van der Waals surface area contributed by atoms with Gasteiger partial charge in [0.05, 0.1) is 5.39 Å². The van der Waals surface area contributed by atoms with Crippen LogP contribution in [-0.4, -0.2) is 16.4 Å². The minimum atomic E-state index is -0.698. The van der Waals surface area contributed by atoms with E-state index in [9.17, 15) is 9.59 Å². The Morgan fingerprint density at radius 1 is 1.29 bits per heavy atom. The van der Waals surface area contributed by atoms with Crippen LogP contribution in [-0.2, 0) is 4.74 Å². The van der Waals surface area contributed by atoms with E-state index < -0.39 is 17.3 Å². The first-order chi connectivity index (χ1) is 7.88. The molecule has 0 saturated heterocycles. The van der Waals surface area contributed by atoms with Gasteiger partial charge in [0.2, 0.25) is 0 Å². The van der Waals surface area contributed by atoms with Gasteiger partial charge < -0.3 is 9.26 Å². The molecular formula is C12H13NO4. The Morgan fingerprint density at radius 2 is 1.94 bits per heavy atom. The smallest absolute Gasteiger partial charge is 0.441 e. The molecule has 0 aliphatic heterocycles. The third-order valence-electron chi connectivity index (χ3n) is 2.08. The molecule has 1 aromatic heterocycles. The number of hydrogen-bond donors (Lipinski definition) is 0. The zero-order valence-electron chi connectivity index (χ0n) is 9.89. The van der Waals surface area contributed by atoms with Gasteiger partial charge in [-0.05, 0) is 32.9 Å². The van der Waals surface area contributed by atoms with Crippen molar-refractivity contribution in [3.05, 3.63) is 34.7 Å². The van der Waals surface area contributed by atoms with Crippen LogP contribution in [0.2, 0.25) is 0 Å². The van der Waals surface area contributed by atoms with Crippen LogP contribution in [0.3, 0.4) is 0 Å². The lowest BCUT2D eigenvalue weighted by atomic mass is 10.2. The van der Waals surface area contributed by atoms with Crippen molar-refractivity contribution in [2.75, 3.05) is 0 Å². The summed E-state index contributed by atoms with van der Waals surface area (Å²) in [6, 6.07) is 6.66. The van der Waals surface area contributed by atoms with Gasteiger partial charge in [0, 0.05) is 0 Å². The minimum absolute atomic E-state index is 0.360. The zero-order chi connectivity index (χ0) is 12.6. The molecular weight excluding hydrogens is 222 g/mol. The summed E-state index contributed by atoms with van der Waals surface area (Å²) in [5.74, 6) is 0. The first-order valence-electron chi connectivity index (χ1n) is 5.23. The van der Waals surface area contributed by atoms with E-state index in [0.717, 1.165) is 4.74 Å². The molecule has 0 radical (unpaired) electrons. The van der Waals surface area contributed by atoms with Gasteiger partial charge in [0.15, 0.2) is 0 Å². The van der Waals surface area contributed by atoms with E-state index in [1.807, 2.05) is 0 Å². The average Bonchev–Trinajstić information content (AvgIpc) is 2.55. The fourth-order valence-electron chi connectivity index (χ4n) is 1.44. The van der Waals surface area contributed by atoms with Gasteiger partial charge >= 0.3 is 11.7 Å². The van der Waals surface area contributed by atoms with Crippen molar-refractivity contribution < 1.29 is 14.1 Å². The van der Waals surface area contributed by atoms with Gasteiger partial charge in [-0.1, -0.05) is 12.1 Å². The molecule has 5 heteroatoms. The van der Waals surface area contributed by atoms with Gasteiger partial charge in [0.1, 0.15) is 11.1 Å². The molecule has 17 heavy (non-hydrogen) atoms. The number of fused-ring (bicyclic) bond motifs is 1. The maximum atomic E-state index is 11.8. The number of rotatable bonds is 0. The Balaban J connectivity index is 2.50. The summed E-state index contributed by atoms with van der Waals surface area (Å²) >= 11 is 0. The van der Waals surface area contributed by atoms with Crippen LogP contribution in [0.15, 0.2) is 33.6 Å². The second-order valence-electron chi connectivity index (χ2n) is 4.67. The van der Waals surface area contributed by atoms with Crippen LogP contribution in [0.4, 0.5) is 4.79 Å². The zero-order valence-corrected chi connectivity index (χ0v) is 9.89. The molecule has 0 spiro atoms. The predicted molar refractivity (Wildman–Crippen MR) is 62.1 cm³/mol. The van der Waals surface area contributed by atoms with Crippen molar-refractivity contribution in [3.63, 3.8) is 0 Å². The first kappa shape index (κ1) is 11.4. The lowest BCUT2D eigenvalue weighted by molar-refractivity contribution is 0.0391. The molecule has 0 fully saturated rings. The Bertz CT molecular complexity index is 615. The normalized spacial score (nSPS) is 11.7. The molecule has 0 bridgehead atoms. The van der Waals surface area contributed by atoms with Crippen LogP contribution in [0, 0.1) is 0 Å². The van der Waals surface area contributed by atoms with E-state index >= 15 is 0 Å². The summed E-state index contributed by atoms with van der Waals surface area (Å²) in [6.45, 7) is 5.23. The number of benzene rings is 1. The molecule has 0 N–H and O–H groups in total. The van der Waals surface area contributed by atoms with Gasteiger partial charge in [-0.25, -0.2) is 9.59 Å². The Labute approximate surface area is 97.5 Å². The fourth-order valence-corrected chi connectivity index (χ4v) is 1.44. The molecule has 0 aliphatic carbocycles. The maximum Gasteiger partial charge on any atom is 0.448 e. The number of carbonyl (C=O) groups is 1. The van der Waals surface area contributed by atoms with Crippen molar-refractivity contribution in [2.45, 2.75) is 26.4 Å². The van der Waals surface area contributed by atoms with Crippen molar-refractivity contribution >= 4 is 17.0 Å². The predicted octanol–water partition coefficient (Wildman–Crippen LogP) is 2.38. The summed E-state index contributed by atoms with van der Waals surface area (Å²) < 4.78 is 10.9. The van der Waals surface area contributed by atoms with E-state index in [-0.39, 0.29) is 0 Å². The van der Waals surface area contributed by atoms with Crippen LogP contribution < -0.4 is 5.63 Å². The highest BCUT2D eigenvalue weighted by Crippen LogP contribution is 2.14. The Morgan fingerprint density at radius 3 is 2.59 bits per heavy atom. The summed E-state index contributed by atoms with van der Waals surface area (Å²) in [5, 5.41) is 0.360. The third-order valence-corrected chi connectivity index (χ3v) is 2.08. The quantitative estimate of drug-likeness (QED) is 0.703. The highest BCUT2D eigenvalue weighted by Gasteiger charge is 2.21. The molecule has 1 aromatic carbocycles. The maximum absolute atomic E-state index is 11.8. The first-order valence-corrected chi connectivity index (χ1v) is 5.23. The van der Waals surface area contributed by atoms with Gasteiger partial charge in [-0.15, -0.1) is 4.74 Å². The summed E-state index contributed by atoms with van der Waals surface area (Å²) in [4.78, 5) is 23.3. The van der Waals surface area contributed by atoms with Crippen LogP contribution >= 0.6 is 0 Å². The molecule has 0 amide bonds. The molecule has 0 saturated carbocycles. The molecule has 2 rings (SSSR count). The molecule has 1 heterocycles. The third kappa shape index (κ3) is 2.22. The second-order valence-corrected chi connectivity index (χ2v) is 4.67. The lowest BCUT2D eigenvalue weighted by Crippen LogP contribution is -2.26. The summed E-state index contributed by atoms with van der Waals surface area (Å²) in [5.41, 5.74) is -0.778. The largest absolute Gasteiger partial charge is 0.448 e. The minimum Gasteiger partial charge on any atom is -0.441 e. The number of ether oxygens (including phenoxy) is 1. The number of carbonyl (C=O) groups excluding carboxylic acids is 1. The molecule has 0 unspecified atom stereocenters. The van der Waals surface area contributed by atoms with Crippen LogP contribution in [0.5, 0.6) is 0 Å². The highest BCUT2D eigenvalue weighted by molar-refractivity contribution is 5.86.